The van der Waals surface area contributed by atoms with Crippen LogP contribution in [0.1, 0.15) is 77.1 Å². The second-order valence-corrected chi connectivity index (χ2v) is 8.68. The molecule has 0 bridgehead atoms. The minimum absolute atomic E-state index is 0.0969. The smallest absolute Gasteiger partial charge is 0.282 e. The summed E-state index contributed by atoms with van der Waals surface area (Å²) in [6.07, 6.45) is 3.56. The summed E-state index contributed by atoms with van der Waals surface area (Å²) in [4.78, 5) is 4.44. The van der Waals surface area contributed by atoms with Crippen molar-refractivity contribution >= 4 is 10.2 Å². The van der Waals surface area contributed by atoms with Crippen molar-refractivity contribution in [3.05, 3.63) is 11.7 Å². The molecule has 1 aromatic rings. The summed E-state index contributed by atoms with van der Waals surface area (Å²) in [7, 11) is -1.93. The molecule has 0 amide bonds. The quantitative estimate of drug-likeness (QED) is 0.820. The zero-order valence-electron chi connectivity index (χ0n) is 14.7. The Hall–Kier alpha value is -0.990. The van der Waals surface area contributed by atoms with Gasteiger partial charge in [-0.2, -0.15) is 22.0 Å². The fourth-order valence-electron chi connectivity index (χ4n) is 2.66. The van der Waals surface area contributed by atoms with Gasteiger partial charge >= 0.3 is 0 Å². The van der Waals surface area contributed by atoms with Gasteiger partial charge in [0.1, 0.15) is 0 Å². The van der Waals surface area contributed by atoms with Crippen molar-refractivity contribution in [1.82, 2.24) is 18.8 Å². The van der Waals surface area contributed by atoms with Crippen molar-refractivity contribution in [2.75, 3.05) is 13.6 Å². The molecule has 0 radical (unpaired) electrons. The predicted octanol–water partition coefficient (Wildman–Crippen LogP) is 2.70. The van der Waals surface area contributed by atoms with Crippen LogP contribution in [-0.2, 0) is 10.2 Å². The van der Waals surface area contributed by atoms with E-state index >= 15 is 0 Å². The Morgan fingerprint density at radius 2 is 1.91 bits per heavy atom. The summed E-state index contributed by atoms with van der Waals surface area (Å²) in [6, 6.07) is -0.444. The van der Waals surface area contributed by atoms with Crippen LogP contribution in [0.2, 0.25) is 0 Å². The standard InChI is InChI=1S/C15H28N4O3S/c1-11(2)15-16-14(17-22-15)13-9-7-6-8-10-19(13)23(20,21)18(5)12(3)4/h11-13H,6-10H2,1-5H3/t13-/m0/s1. The van der Waals surface area contributed by atoms with Crippen LogP contribution >= 0.6 is 0 Å². The van der Waals surface area contributed by atoms with Gasteiger partial charge in [0.15, 0.2) is 5.82 Å². The van der Waals surface area contributed by atoms with Crippen molar-refractivity contribution in [1.29, 1.82) is 0 Å². The topological polar surface area (TPSA) is 79.5 Å². The average molecular weight is 344 g/mol. The molecule has 8 heteroatoms. The van der Waals surface area contributed by atoms with Gasteiger partial charge in [0.05, 0.1) is 6.04 Å². The van der Waals surface area contributed by atoms with E-state index in [2.05, 4.69) is 10.1 Å². The molecule has 2 rings (SSSR count). The SMILES string of the molecule is CC(C)c1nc([C@@H]2CCCCCN2S(=O)(=O)N(C)C(C)C)no1. The first kappa shape index (κ1) is 18.4. The highest BCUT2D eigenvalue weighted by molar-refractivity contribution is 7.86. The van der Waals surface area contributed by atoms with Gasteiger partial charge in [0.25, 0.3) is 10.2 Å². The highest BCUT2D eigenvalue weighted by Gasteiger charge is 2.38. The molecular formula is C15H28N4O3S. The Morgan fingerprint density at radius 3 is 2.48 bits per heavy atom. The lowest BCUT2D eigenvalue weighted by atomic mass is 10.1. The van der Waals surface area contributed by atoms with Gasteiger partial charge in [-0.1, -0.05) is 31.8 Å². The number of hydrogen-bond acceptors (Lipinski definition) is 5. The number of nitrogens with zero attached hydrogens (tertiary/aromatic N) is 4. The molecule has 1 fully saturated rings. The average Bonchev–Trinajstić information content (AvgIpc) is 2.84. The maximum Gasteiger partial charge on any atom is 0.282 e. The molecule has 0 saturated carbocycles. The summed E-state index contributed by atoms with van der Waals surface area (Å²) >= 11 is 0. The number of hydrogen-bond donors (Lipinski definition) is 0. The van der Waals surface area contributed by atoms with Crippen LogP contribution in [-0.4, -0.2) is 46.8 Å². The number of rotatable bonds is 5. The zero-order valence-corrected chi connectivity index (χ0v) is 15.5. The Labute approximate surface area is 139 Å². The third kappa shape index (κ3) is 3.92. The molecule has 0 aliphatic carbocycles. The molecule has 0 spiro atoms. The molecule has 0 unspecified atom stereocenters. The lowest BCUT2D eigenvalue weighted by Gasteiger charge is -2.32. The summed E-state index contributed by atoms with van der Waals surface area (Å²) < 4.78 is 34.2. The van der Waals surface area contributed by atoms with Gasteiger partial charge < -0.3 is 4.52 Å². The monoisotopic (exact) mass is 344 g/mol. The second kappa shape index (κ2) is 7.27. The molecule has 132 valence electrons. The predicted molar refractivity (Wildman–Crippen MR) is 88.1 cm³/mol. The van der Waals surface area contributed by atoms with E-state index in [0.29, 0.717) is 18.3 Å². The largest absolute Gasteiger partial charge is 0.339 e. The minimum Gasteiger partial charge on any atom is -0.339 e. The molecule has 1 atom stereocenters. The van der Waals surface area contributed by atoms with Crippen molar-refractivity contribution in [3.8, 4) is 0 Å². The van der Waals surface area contributed by atoms with Gasteiger partial charge in [0, 0.05) is 25.6 Å². The maximum absolute atomic E-state index is 13.0. The van der Waals surface area contributed by atoms with Crippen molar-refractivity contribution in [2.24, 2.45) is 0 Å². The molecule has 1 aliphatic rings. The fraction of sp³-hybridized carbons (Fsp3) is 0.867. The number of aromatic nitrogens is 2. The fourth-order valence-corrected chi connectivity index (χ4v) is 4.41. The van der Waals surface area contributed by atoms with Gasteiger partial charge in [0.2, 0.25) is 5.89 Å². The van der Waals surface area contributed by atoms with E-state index in [0.717, 1.165) is 25.7 Å². The highest BCUT2D eigenvalue weighted by Crippen LogP contribution is 2.32. The molecular weight excluding hydrogens is 316 g/mol. The van der Waals surface area contributed by atoms with Crippen LogP contribution in [0.3, 0.4) is 0 Å². The molecule has 0 aromatic carbocycles. The summed E-state index contributed by atoms with van der Waals surface area (Å²) in [5, 5.41) is 4.06. The summed E-state index contributed by atoms with van der Waals surface area (Å²) in [5.74, 6) is 1.17. The summed E-state index contributed by atoms with van der Waals surface area (Å²) in [5.41, 5.74) is 0. The normalized spacial score (nSPS) is 21.3. The van der Waals surface area contributed by atoms with Crippen LogP contribution in [0.4, 0.5) is 0 Å². The molecule has 0 N–H and O–H groups in total. The third-order valence-corrected chi connectivity index (χ3v) is 6.52. The molecule has 2 heterocycles. The summed E-state index contributed by atoms with van der Waals surface area (Å²) in [6.45, 7) is 8.19. The minimum atomic E-state index is -3.55. The van der Waals surface area contributed by atoms with Gasteiger partial charge in [-0.3, -0.25) is 0 Å². The maximum atomic E-state index is 13.0. The molecule has 7 nitrogen and oxygen atoms in total. The van der Waals surface area contributed by atoms with Crippen LogP contribution in [0.25, 0.3) is 0 Å². The molecule has 23 heavy (non-hydrogen) atoms. The zero-order chi connectivity index (χ0) is 17.2. The van der Waals surface area contributed by atoms with Gasteiger partial charge in [-0.15, -0.1) is 0 Å². The van der Waals surface area contributed by atoms with Crippen LogP contribution in [0, 0.1) is 0 Å². The Kier molecular flexibility index (Phi) is 5.80. The lowest BCUT2D eigenvalue weighted by Crippen LogP contribution is -2.46. The van der Waals surface area contributed by atoms with Crippen molar-refractivity contribution < 1.29 is 12.9 Å². The third-order valence-electron chi connectivity index (χ3n) is 4.34. The molecule has 1 aromatic heterocycles. The van der Waals surface area contributed by atoms with E-state index in [1.807, 2.05) is 27.7 Å². The van der Waals surface area contributed by atoms with Crippen LogP contribution in [0.15, 0.2) is 4.52 Å². The first-order valence-corrected chi connectivity index (χ1v) is 9.73. The van der Waals surface area contributed by atoms with Gasteiger partial charge in [-0.05, 0) is 26.7 Å². The van der Waals surface area contributed by atoms with E-state index in [-0.39, 0.29) is 18.0 Å². The van der Waals surface area contributed by atoms with Crippen molar-refractivity contribution in [2.45, 2.75) is 71.4 Å². The first-order chi connectivity index (χ1) is 10.7. The van der Waals surface area contributed by atoms with E-state index in [9.17, 15) is 8.42 Å². The molecule has 1 saturated heterocycles. The highest BCUT2D eigenvalue weighted by atomic mass is 32.2. The van der Waals surface area contributed by atoms with E-state index in [4.69, 9.17) is 4.52 Å². The van der Waals surface area contributed by atoms with Crippen molar-refractivity contribution in [3.63, 3.8) is 0 Å². The Morgan fingerprint density at radius 1 is 1.22 bits per heavy atom. The second-order valence-electron chi connectivity index (χ2n) is 6.74. The van der Waals surface area contributed by atoms with E-state index < -0.39 is 10.2 Å². The Balaban J connectivity index is 2.36. The Bertz CT molecular complexity index is 612. The van der Waals surface area contributed by atoms with E-state index in [1.54, 1.807) is 11.4 Å². The van der Waals surface area contributed by atoms with Gasteiger partial charge in [-0.25, -0.2) is 0 Å². The molecule has 1 aliphatic heterocycles. The van der Waals surface area contributed by atoms with E-state index in [1.165, 1.54) is 4.31 Å². The lowest BCUT2D eigenvalue weighted by molar-refractivity contribution is 0.271. The van der Waals surface area contributed by atoms with Crippen LogP contribution in [0.5, 0.6) is 0 Å². The van der Waals surface area contributed by atoms with Crippen LogP contribution < -0.4 is 0 Å². The first-order valence-electron chi connectivity index (χ1n) is 8.33.